The Kier molecular flexibility index (Phi) is 6.44. The first-order chi connectivity index (χ1) is 15.1. The Balaban J connectivity index is 1.43. The summed E-state index contributed by atoms with van der Waals surface area (Å²) in [6, 6.07) is 11.2. The molecule has 2 aliphatic rings. The van der Waals surface area contributed by atoms with Crippen molar-refractivity contribution in [2.45, 2.75) is 44.6 Å². The topological polar surface area (TPSA) is 65.1 Å². The molecule has 4 rings (SSSR count). The molecule has 6 nitrogen and oxygen atoms in total. The predicted octanol–water partition coefficient (Wildman–Crippen LogP) is 4.10. The molecular weight excluding hydrogens is 394 g/mol. The molecule has 0 unspecified atom stereocenters. The minimum Gasteiger partial charge on any atom is -0.497 e. The van der Waals surface area contributed by atoms with Gasteiger partial charge >= 0.3 is 5.97 Å². The largest absolute Gasteiger partial charge is 0.497 e. The van der Waals surface area contributed by atoms with Crippen LogP contribution in [0.5, 0.6) is 11.5 Å². The van der Waals surface area contributed by atoms with E-state index < -0.39 is 5.97 Å². The van der Waals surface area contributed by atoms with Gasteiger partial charge in [-0.2, -0.15) is 0 Å². The maximum atomic E-state index is 12.9. The third-order valence-electron chi connectivity index (χ3n) is 6.28. The smallest absolute Gasteiger partial charge is 0.338 e. The first-order valence-corrected chi connectivity index (χ1v) is 10.9. The number of carbonyl (C=O) groups excluding carboxylic acids is 2. The molecule has 164 valence electrons. The number of rotatable bonds is 6. The molecule has 1 atom stereocenters. The van der Waals surface area contributed by atoms with Crippen LogP contribution in [-0.4, -0.2) is 44.1 Å². The average molecular weight is 424 g/mol. The second-order valence-electron chi connectivity index (χ2n) is 8.12. The Morgan fingerprint density at radius 3 is 2.55 bits per heavy atom. The van der Waals surface area contributed by atoms with Crippen molar-refractivity contribution in [2.24, 2.45) is 0 Å². The number of amides is 1. The van der Waals surface area contributed by atoms with Crippen LogP contribution in [0.25, 0.3) is 0 Å². The Bertz CT molecular complexity index is 970. The fraction of sp³-hybridized carbons (Fsp3) is 0.440. The lowest BCUT2D eigenvalue weighted by Gasteiger charge is -2.26. The molecule has 1 fully saturated rings. The zero-order valence-corrected chi connectivity index (χ0v) is 18.2. The first kappa shape index (κ1) is 21.2. The van der Waals surface area contributed by atoms with E-state index in [9.17, 15) is 9.59 Å². The summed E-state index contributed by atoms with van der Waals surface area (Å²) in [6.45, 7) is 0.360. The molecule has 0 aromatic heterocycles. The fourth-order valence-electron chi connectivity index (χ4n) is 4.64. The summed E-state index contributed by atoms with van der Waals surface area (Å²) in [4.78, 5) is 27.3. The van der Waals surface area contributed by atoms with Crippen molar-refractivity contribution in [1.29, 1.82) is 0 Å². The molecule has 1 heterocycles. The molecule has 0 spiro atoms. The highest BCUT2D eigenvalue weighted by Crippen LogP contribution is 2.39. The third kappa shape index (κ3) is 4.53. The zero-order valence-electron chi connectivity index (χ0n) is 18.2. The molecule has 0 bridgehead atoms. The van der Waals surface area contributed by atoms with Crippen LogP contribution in [0.3, 0.4) is 0 Å². The second-order valence-corrected chi connectivity index (χ2v) is 8.12. The van der Waals surface area contributed by atoms with E-state index in [1.54, 1.807) is 25.2 Å². The van der Waals surface area contributed by atoms with Crippen molar-refractivity contribution >= 4 is 11.9 Å². The van der Waals surface area contributed by atoms with Crippen molar-refractivity contribution in [2.75, 3.05) is 27.4 Å². The molecule has 0 N–H and O–H groups in total. The molecule has 0 saturated carbocycles. The molecule has 31 heavy (non-hydrogen) atoms. The van der Waals surface area contributed by atoms with Gasteiger partial charge in [0.1, 0.15) is 11.5 Å². The minimum absolute atomic E-state index is 0.125. The second kappa shape index (κ2) is 9.41. The molecular formula is C25H29NO5. The van der Waals surface area contributed by atoms with E-state index in [1.807, 2.05) is 30.3 Å². The zero-order chi connectivity index (χ0) is 21.8. The maximum Gasteiger partial charge on any atom is 0.338 e. The van der Waals surface area contributed by atoms with Crippen LogP contribution in [0.4, 0.5) is 0 Å². The van der Waals surface area contributed by atoms with Crippen LogP contribution >= 0.6 is 0 Å². The molecule has 0 radical (unpaired) electrons. The highest BCUT2D eigenvalue weighted by molar-refractivity contribution is 5.91. The summed E-state index contributed by atoms with van der Waals surface area (Å²) in [5.41, 5.74) is 3.96. The number of likely N-dealkylation sites (tertiary alicyclic amines) is 1. The lowest BCUT2D eigenvalue weighted by atomic mass is 9.90. The van der Waals surface area contributed by atoms with Crippen LogP contribution < -0.4 is 9.47 Å². The number of nitrogens with zero attached hydrogens (tertiary/aromatic N) is 1. The van der Waals surface area contributed by atoms with Crippen LogP contribution in [0.1, 0.15) is 58.8 Å². The number of hydrogen-bond donors (Lipinski definition) is 0. The van der Waals surface area contributed by atoms with E-state index in [0.717, 1.165) is 43.4 Å². The molecule has 2 aromatic carbocycles. The highest BCUT2D eigenvalue weighted by Gasteiger charge is 2.32. The van der Waals surface area contributed by atoms with E-state index in [2.05, 4.69) is 0 Å². The van der Waals surface area contributed by atoms with Gasteiger partial charge in [0.05, 0.1) is 25.8 Å². The van der Waals surface area contributed by atoms with E-state index in [4.69, 9.17) is 14.2 Å². The van der Waals surface area contributed by atoms with E-state index in [0.29, 0.717) is 17.9 Å². The Labute approximate surface area is 183 Å². The standard InChI is InChI=1S/C25H29NO5/c1-29-20-11-12-23(30-2)21(15-20)22-8-5-13-26(22)24(27)16-31-25(28)19-10-9-17-6-3-4-7-18(17)14-19/h9-12,14-15,22H,3-8,13,16H2,1-2H3/t22-/m0/s1. The number of carbonyl (C=O) groups is 2. The van der Waals surface area contributed by atoms with E-state index >= 15 is 0 Å². The van der Waals surface area contributed by atoms with Crippen LogP contribution in [-0.2, 0) is 22.4 Å². The minimum atomic E-state index is -0.448. The number of esters is 1. The summed E-state index contributed by atoms with van der Waals surface area (Å²) >= 11 is 0. The summed E-state index contributed by atoms with van der Waals surface area (Å²) < 4.78 is 16.2. The van der Waals surface area contributed by atoms with E-state index in [-0.39, 0.29) is 18.6 Å². The van der Waals surface area contributed by atoms with Crippen molar-refractivity contribution in [3.63, 3.8) is 0 Å². The first-order valence-electron chi connectivity index (χ1n) is 10.9. The van der Waals surface area contributed by atoms with Crippen LogP contribution in [0, 0.1) is 0 Å². The lowest BCUT2D eigenvalue weighted by molar-refractivity contribution is -0.135. The number of benzene rings is 2. The molecule has 1 aliphatic heterocycles. The third-order valence-corrected chi connectivity index (χ3v) is 6.28. The van der Waals surface area contributed by atoms with Crippen molar-refractivity contribution in [3.8, 4) is 11.5 Å². The molecule has 1 aliphatic carbocycles. The van der Waals surface area contributed by atoms with Gasteiger partial charge in [0.15, 0.2) is 6.61 Å². The fourth-order valence-corrected chi connectivity index (χ4v) is 4.64. The number of methoxy groups -OCH3 is 2. The van der Waals surface area contributed by atoms with Crippen molar-refractivity contribution < 1.29 is 23.8 Å². The van der Waals surface area contributed by atoms with Gasteiger partial charge < -0.3 is 19.1 Å². The quantitative estimate of drug-likeness (QED) is 0.655. The Morgan fingerprint density at radius 1 is 0.968 bits per heavy atom. The van der Waals surface area contributed by atoms with Crippen LogP contribution in [0.15, 0.2) is 36.4 Å². The molecule has 1 saturated heterocycles. The van der Waals surface area contributed by atoms with E-state index in [1.165, 1.54) is 17.5 Å². The summed E-state index contributed by atoms with van der Waals surface area (Å²) in [5.74, 6) is 0.792. The number of ether oxygens (including phenoxy) is 3. The number of fused-ring (bicyclic) bond motifs is 1. The number of aryl methyl sites for hydroxylation is 2. The summed E-state index contributed by atoms with van der Waals surface area (Å²) in [5, 5.41) is 0. The van der Waals surface area contributed by atoms with Gasteiger partial charge in [0, 0.05) is 12.1 Å². The van der Waals surface area contributed by atoms with Gasteiger partial charge in [-0.1, -0.05) is 6.07 Å². The van der Waals surface area contributed by atoms with Crippen molar-refractivity contribution in [3.05, 3.63) is 58.7 Å². The van der Waals surface area contributed by atoms with Crippen LogP contribution in [0.2, 0.25) is 0 Å². The normalized spacial score (nSPS) is 17.7. The maximum absolute atomic E-state index is 12.9. The van der Waals surface area contributed by atoms with Crippen molar-refractivity contribution in [1.82, 2.24) is 4.90 Å². The average Bonchev–Trinajstić information content (AvgIpc) is 3.31. The van der Waals surface area contributed by atoms with Gasteiger partial charge in [-0.05, 0) is 80.0 Å². The Morgan fingerprint density at radius 2 is 1.77 bits per heavy atom. The molecule has 2 aromatic rings. The SMILES string of the molecule is COc1ccc(OC)c([C@@H]2CCCN2C(=O)COC(=O)c2ccc3c(c2)CCCC3)c1. The van der Waals surface area contributed by atoms with Gasteiger partial charge in [-0.3, -0.25) is 4.79 Å². The Hall–Kier alpha value is -3.02. The monoisotopic (exact) mass is 423 g/mol. The molecule has 1 amide bonds. The lowest BCUT2D eigenvalue weighted by Crippen LogP contribution is -2.34. The van der Waals surface area contributed by atoms with Gasteiger partial charge in [-0.15, -0.1) is 0 Å². The summed E-state index contributed by atoms with van der Waals surface area (Å²) in [6.07, 6.45) is 6.11. The van der Waals surface area contributed by atoms with Gasteiger partial charge in [0.2, 0.25) is 0 Å². The predicted molar refractivity (Wildman–Crippen MR) is 117 cm³/mol. The van der Waals surface area contributed by atoms with Gasteiger partial charge in [0.25, 0.3) is 5.91 Å². The summed E-state index contributed by atoms with van der Waals surface area (Å²) in [7, 11) is 3.23. The number of hydrogen-bond acceptors (Lipinski definition) is 5. The molecule has 6 heteroatoms. The van der Waals surface area contributed by atoms with Gasteiger partial charge in [-0.25, -0.2) is 4.79 Å². The highest BCUT2D eigenvalue weighted by atomic mass is 16.5.